The first-order valence-electron chi connectivity index (χ1n) is 6.94. The van der Waals surface area contributed by atoms with Crippen LogP contribution in [0.1, 0.15) is 32.0 Å². The third kappa shape index (κ3) is 2.33. The number of rotatable bonds is 3. The molecule has 1 aliphatic carbocycles. The molecule has 3 heteroatoms. The Labute approximate surface area is 113 Å². The molecule has 0 saturated heterocycles. The minimum absolute atomic E-state index is 0.264. The Hall–Kier alpha value is -1.90. The molecule has 0 amide bonds. The molecule has 2 aromatic rings. The van der Waals surface area contributed by atoms with Crippen LogP contribution >= 0.6 is 0 Å². The first kappa shape index (κ1) is 12.2. The fraction of sp³-hybridized carbons (Fsp3) is 0.375. The highest BCUT2D eigenvalue weighted by atomic mass is 16.1. The third-order valence-electron chi connectivity index (χ3n) is 3.72. The van der Waals surface area contributed by atoms with Crippen LogP contribution in [0.15, 0.2) is 35.9 Å². The fourth-order valence-corrected chi connectivity index (χ4v) is 2.82. The molecular formula is C16H18N2O. The van der Waals surface area contributed by atoms with Crippen molar-refractivity contribution in [2.75, 3.05) is 0 Å². The molecule has 1 aromatic heterocycles. The lowest BCUT2D eigenvalue weighted by molar-refractivity contribution is -0.115. The van der Waals surface area contributed by atoms with Gasteiger partial charge in [-0.3, -0.25) is 4.79 Å². The van der Waals surface area contributed by atoms with Crippen LogP contribution in [-0.4, -0.2) is 15.3 Å². The maximum atomic E-state index is 11.5. The Balaban J connectivity index is 1.98. The number of fused-ring (bicyclic) bond motifs is 1. The summed E-state index contributed by atoms with van der Waals surface area (Å²) in [6, 6.07) is 8.22. The number of nitrogens with zero attached hydrogens (tertiary/aromatic N) is 2. The Morgan fingerprint density at radius 3 is 2.89 bits per heavy atom. The van der Waals surface area contributed by atoms with Gasteiger partial charge < -0.3 is 4.57 Å². The molecule has 0 atom stereocenters. The normalized spacial score (nSPS) is 15.8. The molecule has 1 aromatic carbocycles. The van der Waals surface area contributed by atoms with E-state index in [2.05, 4.69) is 17.6 Å². The Kier molecular flexibility index (Phi) is 3.20. The topological polar surface area (TPSA) is 34.9 Å². The van der Waals surface area contributed by atoms with Gasteiger partial charge >= 0.3 is 0 Å². The highest BCUT2D eigenvalue weighted by molar-refractivity contribution is 5.91. The molecule has 19 heavy (non-hydrogen) atoms. The molecule has 1 heterocycles. The molecule has 3 rings (SSSR count). The lowest BCUT2D eigenvalue weighted by atomic mass is 9.96. The molecule has 0 bridgehead atoms. The van der Waals surface area contributed by atoms with Crippen LogP contribution in [0, 0.1) is 0 Å². The van der Waals surface area contributed by atoms with Crippen LogP contribution < -0.4 is 0 Å². The van der Waals surface area contributed by atoms with Gasteiger partial charge in [0.05, 0.1) is 11.0 Å². The number of hydrogen-bond donors (Lipinski definition) is 0. The van der Waals surface area contributed by atoms with Gasteiger partial charge in [0, 0.05) is 19.4 Å². The lowest BCUT2D eigenvalue weighted by Crippen LogP contribution is -2.08. The fourth-order valence-electron chi connectivity index (χ4n) is 2.82. The number of carbonyl (C=O) groups is 1. The van der Waals surface area contributed by atoms with E-state index in [0.717, 1.165) is 37.1 Å². The zero-order valence-electron chi connectivity index (χ0n) is 11.2. The third-order valence-corrected chi connectivity index (χ3v) is 3.72. The van der Waals surface area contributed by atoms with Crippen LogP contribution in [0.25, 0.3) is 11.0 Å². The first-order valence-corrected chi connectivity index (χ1v) is 6.94. The highest BCUT2D eigenvalue weighted by Crippen LogP contribution is 2.22. The standard InChI is InChI=1S/C16H18N2O/c1-2-18-15-9-4-3-8-14(15)17-16(18)11-12-6-5-7-13(19)10-12/h3-4,8-10H,2,5-7,11H2,1H3. The Morgan fingerprint density at radius 1 is 1.26 bits per heavy atom. The second kappa shape index (κ2) is 5.00. The van der Waals surface area contributed by atoms with Gasteiger partial charge in [-0.15, -0.1) is 0 Å². The van der Waals surface area contributed by atoms with E-state index in [1.807, 2.05) is 24.3 Å². The molecular weight excluding hydrogens is 236 g/mol. The largest absolute Gasteiger partial charge is 0.328 e. The monoisotopic (exact) mass is 254 g/mol. The number of aromatic nitrogens is 2. The summed E-state index contributed by atoms with van der Waals surface area (Å²) in [6.07, 6.45) is 5.33. The van der Waals surface area contributed by atoms with E-state index in [-0.39, 0.29) is 5.78 Å². The minimum Gasteiger partial charge on any atom is -0.328 e. The minimum atomic E-state index is 0.264. The van der Waals surface area contributed by atoms with Crippen molar-refractivity contribution in [3.8, 4) is 0 Å². The van der Waals surface area contributed by atoms with Gasteiger partial charge in [-0.05, 0) is 38.0 Å². The zero-order valence-corrected chi connectivity index (χ0v) is 11.2. The van der Waals surface area contributed by atoms with E-state index in [9.17, 15) is 4.79 Å². The molecule has 3 nitrogen and oxygen atoms in total. The van der Waals surface area contributed by atoms with E-state index in [1.165, 1.54) is 11.1 Å². The van der Waals surface area contributed by atoms with E-state index in [1.54, 1.807) is 0 Å². The molecule has 98 valence electrons. The summed E-state index contributed by atoms with van der Waals surface area (Å²) in [7, 11) is 0. The number of ketones is 1. The molecule has 0 fully saturated rings. The van der Waals surface area contributed by atoms with Crippen molar-refractivity contribution in [2.45, 2.75) is 39.2 Å². The molecule has 0 saturated carbocycles. The van der Waals surface area contributed by atoms with Crippen molar-refractivity contribution in [2.24, 2.45) is 0 Å². The zero-order chi connectivity index (χ0) is 13.2. The van der Waals surface area contributed by atoms with Crippen molar-refractivity contribution in [1.29, 1.82) is 0 Å². The lowest BCUT2D eigenvalue weighted by Gasteiger charge is -2.12. The van der Waals surface area contributed by atoms with Crippen molar-refractivity contribution in [3.05, 3.63) is 41.7 Å². The summed E-state index contributed by atoms with van der Waals surface area (Å²) < 4.78 is 2.25. The van der Waals surface area contributed by atoms with Crippen molar-refractivity contribution in [1.82, 2.24) is 9.55 Å². The van der Waals surface area contributed by atoms with Crippen LogP contribution in [0.2, 0.25) is 0 Å². The average Bonchev–Trinajstić information content (AvgIpc) is 2.75. The smallest absolute Gasteiger partial charge is 0.155 e. The molecule has 0 N–H and O–H groups in total. The maximum Gasteiger partial charge on any atom is 0.155 e. The summed E-state index contributed by atoms with van der Waals surface area (Å²) in [6.45, 7) is 3.05. The maximum absolute atomic E-state index is 11.5. The first-order chi connectivity index (χ1) is 9.28. The number of carbonyl (C=O) groups excluding carboxylic acids is 1. The van der Waals surface area contributed by atoms with Crippen molar-refractivity contribution >= 4 is 16.8 Å². The number of para-hydroxylation sites is 2. The number of aryl methyl sites for hydroxylation is 1. The van der Waals surface area contributed by atoms with E-state index >= 15 is 0 Å². The summed E-state index contributed by atoms with van der Waals surface area (Å²) >= 11 is 0. The second-order valence-electron chi connectivity index (χ2n) is 5.06. The van der Waals surface area contributed by atoms with Gasteiger partial charge in [0.2, 0.25) is 0 Å². The van der Waals surface area contributed by atoms with Crippen LogP contribution in [0.5, 0.6) is 0 Å². The van der Waals surface area contributed by atoms with Gasteiger partial charge in [0.1, 0.15) is 5.82 Å². The Bertz CT molecular complexity index is 652. The van der Waals surface area contributed by atoms with E-state index in [4.69, 9.17) is 4.98 Å². The molecule has 0 aliphatic heterocycles. The van der Waals surface area contributed by atoms with Gasteiger partial charge in [0.15, 0.2) is 5.78 Å². The molecule has 0 radical (unpaired) electrons. The molecule has 0 unspecified atom stereocenters. The molecule has 1 aliphatic rings. The average molecular weight is 254 g/mol. The van der Waals surface area contributed by atoms with Crippen molar-refractivity contribution < 1.29 is 4.79 Å². The molecule has 0 spiro atoms. The number of imidazole rings is 1. The highest BCUT2D eigenvalue weighted by Gasteiger charge is 2.14. The summed E-state index contributed by atoms with van der Waals surface area (Å²) in [5.41, 5.74) is 3.45. The quantitative estimate of drug-likeness (QED) is 0.842. The SMILES string of the molecule is CCn1c(CC2=CC(=O)CCC2)nc2ccccc21. The van der Waals surface area contributed by atoms with Gasteiger partial charge in [-0.1, -0.05) is 17.7 Å². The number of benzene rings is 1. The van der Waals surface area contributed by atoms with Crippen LogP contribution in [0.4, 0.5) is 0 Å². The predicted molar refractivity (Wildman–Crippen MR) is 76.1 cm³/mol. The second-order valence-corrected chi connectivity index (χ2v) is 5.06. The number of allylic oxidation sites excluding steroid dienone is 2. The Morgan fingerprint density at radius 2 is 2.11 bits per heavy atom. The van der Waals surface area contributed by atoms with E-state index in [0.29, 0.717) is 6.42 Å². The van der Waals surface area contributed by atoms with Crippen molar-refractivity contribution in [3.63, 3.8) is 0 Å². The van der Waals surface area contributed by atoms with Gasteiger partial charge in [-0.25, -0.2) is 4.98 Å². The van der Waals surface area contributed by atoms with Crippen LogP contribution in [0.3, 0.4) is 0 Å². The van der Waals surface area contributed by atoms with Gasteiger partial charge in [-0.2, -0.15) is 0 Å². The van der Waals surface area contributed by atoms with Crippen LogP contribution in [-0.2, 0) is 17.8 Å². The summed E-state index contributed by atoms with van der Waals surface area (Å²) in [5, 5.41) is 0. The van der Waals surface area contributed by atoms with E-state index < -0.39 is 0 Å². The van der Waals surface area contributed by atoms with Gasteiger partial charge in [0.25, 0.3) is 0 Å². The number of hydrogen-bond acceptors (Lipinski definition) is 2. The predicted octanol–water partition coefficient (Wildman–Crippen LogP) is 3.28. The summed E-state index contributed by atoms with van der Waals surface area (Å²) in [5.74, 6) is 1.34. The summed E-state index contributed by atoms with van der Waals surface area (Å²) in [4.78, 5) is 16.2.